The van der Waals surface area contributed by atoms with Crippen LogP contribution in [0.3, 0.4) is 0 Å². The molecule has 0 spiro atoms. The highest BCUT2D eigenvalue weighted by Crippen LogP contribution is 2.29. The van der Waals surface area contributed by atoms with E-state index in [0.717, 1.165) is 5.56 Å². The van der Waals surface area contributed by atoms with Crippen molar-refractivity contribution in [2.24, 2.45) is 0 Å². The van der Waals surface area contributed by atoms with Gasteiger partial charge in [-0.3, -0.25) is 9.63 Å². The van der Waals surface area contributed by atoms with Crippen LogP contribution in [0.1, 0.15) is 36.7 Å². The number of hydrogen-bond acceptors (Lipinski definition) is 4. The first-order valence-corrected chi connectivity index (χ1v) is 5.99. The molecule has 1 amide bonds. The molecule has 1 aromatic carbocycles. The first-order valence-electron chi connectivity index (χ1n) is 5.99. The molecule has 5 nitrogen and oxygen atoms in total. The molecule has 0 unspecified atom stereocenters. The van der Waals surface area contributed by atoms with Gasteiger partial charge in [0.15, 0.2) is 0 Å². The maximum atomic E-state index is 12.0. The highest BCUT2D eigenvalue weighted by Gasteiger charge is 2.17. The lowest BCUT2D eigenvalue weighted by atomic mass is 10.1. The number of ether oxygens (including phenoxy) is 2. The predicted molar refractivity (Wildman–Crippen MR) is 72.6 cm³/mol. The molecule has 0 aliphatic heterocycles. The molecule has 1 aromatic rings. The van der Waals surface area contributed by atoms with Crippen molar-refractivity contribution in [1.82, 2.24) is 5.48 Å². The highest BCUT2D eigenvalue weighted by molar-refractivity contribution is 5.94. The molecule has 0 radical (unpaired) electrons. The number of nitrogens with one attached hydrogen (secondary N) is 1. The van der Waals surface area contributed by atoms with Crippen molar-refractivity contribution in [3.63, 3.8) is 0 Å². The second-order valence-electron chi connectivity index (χ2n) is 5.15. The Morgan fingerprint density at radius 2 is 1.58 bits per heavy atom. The minimum Gasteiger partial charge on any atom is -0.496 e. The van der Waals surface area contributed by atoms with Crippen molar-refractivity contribution in [2.45, 2.75) is 33.3 Å². The fraction of sp³-hybridized carbons (Fsp3) is 0.500. The Kier molecular flexibility index (Phi) is 4.78. The quantitative estimate of drug-likeness (QED) is 0.851. The van der Waals surface area contributed by atoms with E-state index in [2.05, 4.69) is 5.48 Å². The monoisotopic (exact) mass is 267 g/mol. The zero-order valence-electron chi connectivity index (χ0n) is 12.3. The molecular weight excluding hydrogens is 246 g/mol. The Morgan fingerprint density at radius 1 is 1.11 bits per heavy atom. The van der Waals surface area contributed by atoms with E-state index in [1.807, 2.05) is 27.7 Å². The van der Waals surface area contributed by atoms with Gasteiger partial charge in [-0.1, -0.05) is 0 Å². The van der Waals surface area contributed by atoms with Crippen molar-refractivity contribution in [3.05, 3.63) is 23.3 Å². The van der Waals surface area contributed by atoms with Crippen LogP contribution < -0.4 is 15.0 Å². The summed E-state index contributed by atoms with van der Waals surface area (Å²) in [6, 6.07) is 3.30. The molecule has 0 aliphatic rings. The minimum absolute atomic E-state index is 0.341. The standard InChI is InChI=1S/C14H21NO4/c1-9-11(17-5)7-10(8-12(9)18-6)13(16)15-19-14(2,3)4/h7-8H,1-6H3,(H,15,16). The van der Waals surface area contributed by atoms with E-state index in [9.17, 15) is 4.79 Å². The predicted octanol–water partition coefficient (Wildman–Crippen LogP) is 2.47. The number of benzene rings is 1. The highest BCUT2D eigenvalue weighted by atomic mass is 16.7. The van der Waals surface area contributed by atoms with Crippen LogP contribution >= 0.6 is 0 Å². The lowest BCUT2D eigenvalue weighted by Gasteiger charge is -2.19. The fourth-order valence-electron chi connectivity index (χ4n) is 1.48. The van der Waals surface area contributed by atoms with Gasteiger partial charge in [-0.2, -0.15) is 0 Å². The number of methoxy groups -OCH3 is 2. The van der Waals surface area contributed by atoms with Gasteiger partial charge in [0.05, 0.1) is 19.8 Å². The third-order valence-electron chi connectivity index (χ3n) is 2.46. The third kappa shape index (κ3) is 4.13. The topological polar surface area (TPSA) is 56.8 Å². The summed E-state index contributed by atoms with van der Waals surface area (Å²) in [5.74, 6) is 0.854. The Balaban J connectivity index is 2.97. The van der Waals surface area contributed by atoms with Crippen LogP contribution in [0.15, 0.2) is 12.1 Å². The molecule has 0 fully saturated rings. The average molecular weight is 267 g/mol. The molecule has 0 aliphatic carbocycles. The number of carbonyl (C=O) groups is 1. The smallest absolute Gasteiger partial charge is 0.275 e. The van der Waals surface area contributed by atoms with Crippen LogP contribution in [0.4, 0.5) is 0 Å². The van der Waals surface area contributed by atoms with Crippen LogP contribution in [0.2, 0.25) is 0 Å². The van der Waals surface area contributed by atoms with Gasteiger partial charge >= 0.3 is 0 Å². The molecule has 5 heteroatoms. The molecule has 106 valence electrons. The summed E-state index contributed by atoms with van der Waals surface area (Å²) < 4.78 is 10.4. The van der Waals surface area contributed by atoms with E-state index in [1.54, 1.807) is 26.4 Å². The normalized spacial score (nSPS) is 11.1. The Morgan fingerprint density at radius 3 is 1.95 bits per heavy atom. The van der Waals surface area contributed by atoms with Crippen molar-refractivity contribution in [1.29, 1.82) is 0 Å². The zero-order chi connectivity index (χ0) is 14.6. The summed E-state index contributed by atoms with van der Waals surface area (Å²) in [5.41, 5.74) is 3.23. The molecule has 1 N–H and O–H groups in total. The fourth-order valence-corrected chi connectivity index (χ4v) is 1.48. The van der Waals surface area contributed by atoms with Crippen molar-refractivity contribution < 1.29 is 19.1 Å². The van der Waals surface area contributed by atoms with Crippen LogP contribution in [0, 0.1) is 6.92 Å². The second-order valence-corrected chi connectivity index (χ2v) is 5.15. The van der Waals surface area contributed by atoms with Gasteiger partial charge < -0.3 is 9.47 Å². The molecule has 19 heavy (non-hydrogen) atoms. The maximum Gasteiger partial charge on any atom is 0.275 e. The maximum absolute atomic E-state index is 12.0. The van der Waals surface area contributed by atoms with Gasteiger partial charge in [-0.15, -0.1) is 0 Å². The number of carbonyl (C=O) groups excluding carboxylic acids is 1. The van der Waals surface area contributed by atoms with Gasteiger partial charge in [-0.05, 0) is 39.8 Å². The van der Waals surface area contributed by atoms with Gasteiger partial charge in [0.2, 0.25) is 0 Å². The average Bonchev–Trinajstić information content (AvgIpc) is 2.35. The van der Waals surface area contributed by atoms with E-state index in [4.69, 9.17) is 14.3 Å². The third-order valence-corrected chi connectivity index (χ3v) is 2.46. The van der Waals surface area contributed by atoms with Gasteiger partial charge in [0.25, 0.3) is 5.91 Å². The summed E-state index contributed by atoms with van der Waals surface area (Å²) in [6.07, 6.45) is 0. The molecule has 0 saturated carbocycles. The first-order chi connectivity index (χ1) is 8.78. The molecule has 1 rings (SSSR count). The molecular formula is C14H21NO4. The zero-order valence-corrected chi connectivity index (χ0v) is 12.3. The van der Waals surface area contributed by atoms with Gasteiger partial charge in [0, 0.05) is 11.1 Å². The van der Waals surface area contributed by atoms with Gasteiger partial charge in [0.1, 0.15) is 11.5 Å². The van der Waals surface area contributed by atoms with E-state index in [-0.39, 0.29) is 5.91 Å². The number of rotatable bonds is 4. The van der Waals surface area contributed by atoms with Crippen LogP contribution in [-0.4, -0.2) is 25.7 Å². The van der Waals surface area contributed by atoms with Crippen molar-refractivity contribution >= 4 is 5.91 Å². The van der Waals surface area contributed by atoms with E-state index in [0.29, 0.717) is 17.1 Å². The van der Waals surface area contributed by atoms with Crippen molar-refractivity contribution in [3.8, 4) is 11.5 Å². The number of hydroxylamine groups is 1. The summed E-state index contributed by atoms with van der Waals surface area (Å²) in [5, 5.41) is 0. The Hall–Kier alpha value is -1.75. The lowest BCUT2D eigenvalue weighted by molar-refractivity contribution is -0.0589. The van der Waals surface area contributed by atoms with Crippen LogP contribution in [0.5, 0.6) is 11.5 Å². The molecule has 0 bridgehead atoms. The Labute approximate surface area is 113 Å². The molecule has 0 saturated heterocycles. The van der Waals surface area contributed by atoms with Gasteiger partial charge in [-0.25, -0.2) is 5.48 Å². The molecule has 0 atom stereocenters. The van der Waals surface area contributed by atoms with Crippen LogP contribution in [0.25, 0.3) is 0 Å². The van der Waals surface area contributed by atoms with E-state index < -0.39 is 5.60 Å². The largest absolute Gasteiger partial charge is 0.496 e. The summed E-state index contributed by atoms with van der Waals surface area (Å²) in [4.78, 5) is 17.2. The number of hydrogen-bond donors (Lipinski definition) is 1. The SMILES string of the molecule is COc1cc(C(=O)NOC(C)(C)C)cc(OC)c1C. The molecule has 0 aromatic heterocycles. The lowest BCUT2D eigenvalue weighted by Crippen LogP contribution is -2.33. The Bertz CT molecular complexity index is 438. The molecule has 0 heterocycles. The summed E-state index contributed by atoms with van der Waals surface area (Å²) >= 11 is 0. The van der Waals surface area contributed by atoms with Crippen LogP contribution in [-0.2, 0) is 4.84 Å². The second kappa shape index (κ2) is 5.93. The minimum atomic E-state index is -0.450. The summed E-state index contributed by atoms with van der Waals surface area (Å²) in [6.45, 7) is 7.42. The van der Waals surface area contributed by atoms with Crippen molar-refractivity contribution in [2.75, 3.05) is 14.2 Å². The van der Waals surface area contributed by atoms with E-state index in [1.165, 1.54) is 0 Å². The van der Waals surface area contributed by atoms with E-state index >= 15 is 0 Å². The number of amides is 1. The summed E-state index contributed by atoms with van der Waals surface area (Å²) in [7, 11) is 3.10. The first kappa shape index (κ1) is 15.3.